The molecule has 3 saturated carbocycles. The first-order chi connectivity index (χ1) is 22.9. The molecule has 5 unspecified atom stereocenters. The second-order valence-corrected chi connectivity index (χ2v) is 15.0. The van der Waals surface area contributed by atoms with Gasteiger partial charge in [0.25, 0.3) is 0 Å². The Bertz CT molecular complexity index is 1130. The van der Waals surface area contributed by atoms with Gasteiger partial charge in [0.2, 0.25) is 29.5 Å². The van der Waals surface area contributed by atoms with Crippen molar-refractivity contribution in [3.8, 4) is 0 Å². The number of hydrogen-bond donors (Lipinski definition) is 6. The largest absolute Gasteiger partial charge is 0.394 e. The summed E-state index contributed by atoms with van der Waals surface area (Å²) < 4.78 is 6.38. The van der Waals surface area contributed by atoms with E-state index >= 15 is 0 Å². The number of aliphatic hydroxyl groups excluding tert-OH is 1. The van der Waals surface area contributed by atoms with Gasteiger partial charge in [0, 0.05) is 13.6 Å². The van der Waals surface area contributed by atoms with E-state index in [2.05, 4.69) is 21.3 Å². The van der Waals surface area contributed by atoms with Crippen LogP contribution < -0.4 is 27.0 Å². The molecule has 7 atom stereocenters. The summed E-state index contributed by atoms with van der Waals surface area (Å²) in [5, 5.41) is 20.9. The van der Waals surface area contributed by atoms with Crippen molar-refractivity contribution in [1.29, 1.82) is 0 Å². The number of carbonyl (C=O) groups excluding carboxylic acids is 5. The third-order valence-electron chi connectivity index (χ3n) is 11.4. The molecule has 13 nitrogen and oxygen atoms in total. The van der Waals surface area contributed by atoms with Crippen molar-refractivity contribution in [3.05, 3.63) is 0 Å². The Labute approximate surface area is 285 Å². The molecule has 48 heavy (non-hydrogen) atoms. The van der Waals surface area contributed by atoms with Crippen LogP contribution in [0.1, 0.15) is 111 Å². The zero-order chi connectivity index (χ0) is 35.0. The van der Waals surface area contributed by atoms with Crippen molar-refractivity contribution in [3.63, 3.8) is 0 Å². The number of amides is 5. The molecule has 4 rings (SSSR count). The number of carbonyl (C=O) groups is 5. The summed E-state index contributed by atoms with van der Waals surface area (Å²) in [4.78, 5) is 70.1. The zero-order valence-electron chi connectivity index (χ0n) is 29.4. The van der Waals surface area contributed by atoms with E-state index in [-0.39, 0.29) is 18.4 Å². The highest BCUT2D eigenvalue weighted by atomic mass is 16.5. The molecule has 1 saturated heterocycles. The summed E-state index contributed by atoms with van der Waals surface area (Å²) in [6.45, 7) is 4.45. The van der Waals surface area contributed by atoms with Gasteiger partial charge < -0.3 is 41.7 Å². The molecule has 0 aromatic heterocycles. The van der Waals surface area contributed by atoms with Gasteiger partial charge in [0.05, 0.1) is 18.6 Å². The molecule has 3 aliphatic carbocycles. The van der Waals surface area contributed by atoms with Crippen LogP contribution in [0.3, 0.4) is 0 Å². The molecule has 0 radical (unpaired) electrons. The summed E-state index contributed by atoms with van der Waals surface area (Å²) >= 11 is 0. The number of aliphatic hydroxyl groups is 1. The fourth-order valence-electron chi connectivity index (χ4n) is 8.38. The third kappa shape index (κ3) is 9.26. The molecule has 7 N–H and O–H groups in total. The van der Waals surface area contributed by atoms with Gasteiger partial charge in [-0.1, -0.05) is 52.4 Å². The van der Waals surface area contributed by atoms with Crippen LogP contribution in [0.15, 0.2) is 0 Å². The molecule has 0 aromatic rings. The maximum Gasteiger partial charge on any atom is 0.246 e. The van der Waals surface area contributed by atoms with E-state index in [1.807, 2.05) is 6.92 Å². The third-order valence-corrected chi connectivity index (χ3v) is 11.4. The molecule has 1 aliphatic heterocycles. The molecule has 0 bridgehead atoms. The van der Waals surface area contributed by atoms with Crippen LogP contribution in [0.5, 0.6) is 0 Å². The van der Waals surface area contributed by atoms with Gasteiger partial charge in [-0.25, -0.2) is 0 Å². The van der Waals surface area contributed by atoms with E-state index in [1.165, 1.54) is 24.2 Å². The predicted octanol–water partition coefficient (Wildman–Crippen LogP) is 1.46. The molecule has 0 aromatic carbocycles. The first-order valence-corrected chi connectivity index (χ1v) is 18.4. The van der Waals surface area contributed by atoms with E-state index in [4.69, 9.17) is 10.5 Å². The molecule has 1 heterocycles. The fourth-order valence-corrected chi connectivity index (χ4v) is 8.38. The number of rotatable bonds is 7. The van der Waals surface area contributed by atoms with Gasteiger partial charge in [0.15, 0.2) is 0 Å². The smallest absolute Gasteiger partial charge is 0.246 e. The number of likely N-dealkylation sites (N-methyl/N-ethyl adjacent to an activating group) is 1. The van der Waals surface area contributed by atoms with Gasteiger partial charge >= 0.3 is 0 Å². The minimum absolute atomic E-state index is 0.164. The number of nitrogens with one attached hydrogen (secondary N) is 4. The van der Waals surface area contributed by atoms with E-state index < -0.39 is 72.7 Å². The molecular formula is C35H60N6O7. The number of nitrogens with two attached hydrogens (primary N) is 1. The lowest BCUT2D eigenvalue weighted by molar-refractivity contribution is -0.152. The van der Waals surface area contributed by atoms with Crippen molar-refractivity contribution in [2.75, 3.05) is 20.2 Å². The second-order valence-electron chi connectivity index (χ2n) is 15.0. The first kappa shape index (κ1) is 38.0. The predicted molar refractivity (Wildman–Crippen MR) is 180 cm³/mol. The van der Waals surface area contributed by atoms with Gasteiger partial charge in [-0.15, -0.1) is 0 Å². The minimum Gasteiger partial charge on any atom is -0.394 e. The fraction of sp³-hybridized carbons (Fsp3) is 0.857. The van der Waals surface area contributed by atoms with Crippen molar-refractivity contribution < 1.29 is 33.8 Å². The van der Waals surface area contributed by atoms with Crippen LogP contribution >= 0.6 is 0 Å². The Morgan fingerprint density at radius 3 is 2.04 bits per heavy atom. The number of ether oxygens (including phenoxy) is 1. The molecular weight excluding hydrogens is 616 g/mol. The lowest BCUT2D eigenvalue weighted by Gasteiger charge is -2.55. The maximum absolute atomic E-state index is 14.1. The summed E-state index contributed by atoms with van der Waals surface area (Å²) in [6.07, 6.45) is 11.6. The van der Waals surface area contributed by atoms with Crippen LogP contribution in [0.2, 0.25) is 0 Å². The Hall–Kier alpha value is -2.77. The number of hydrogen-bond acceptors (Lipinski definition) is 8. The monoisotopic (exact) mass is 676 g/mol. The van der Waals surface area contributed by atoms with Crippen LogP contribution in [0, 0.1) is 23.2 Å². The Balaban J connectivity index is 1.65. The summed E-state index contributed by atoms with van der Waals surface area (Å²) in [5.74, 6) is -3.00. The lowest BCUT2D eigenvalue weighted by atomic mass is 9.51. The van der Waals surface area contributed by atoms with Crippen LogP contribution in [0.4, 0.5) is 0 Å². The summed E-state index contributed by atoms with van der Waals surface area (Å²) in [7, 11) is 1.63. The van der Waals surface area contributed by atoms with Crippen LogP contribution in [0.25, 0.3) is 0 Å². The first-order valence-electron chi connectivity index (χ1n) is 18.4. The minimum atomic E-state index is -1.32. The highest BCUT2D eigenvalue weighted by Gasteiger charge is 2.49. The molecule has 13 heteroatoms. The number of nitrogens with zero attached hydrogens (tertiary/aromatic N) is 1. The van der Waals surface area contributed by atoms with E-state index in [1.54, 1.807) is 20.9 Å². The van der Waals surface area contributed by atoms with E-state index in [9.17, 15) is 29.1 Å². The molecule has 4 aliphatic rings. The average Bonchev–Trinajstić information content (AvgIpc) is 3.31. The highest BCUT2D eigenvalue weighted by molar-refractivity contribution is 5.96. The summed E-state index contributed by atoms with van der Waals surface area (Å²) in [5.41, 5.74) is 6.35. The van der Waals surface area contributed by atoms with Gasteiger partial charge in [-0.3, -0.25) is 24.0 Å². The van der Waals surface area contributed by atoms with E-state index in [0.717, 1.165) is 51.4 Å². The molecule has 272 valence electrons. The SMILES string of the molecule is CCCC1C(=O)NC(C2CCCCCC2)C(=O)NC(CN)C(=O)NC(CO)C(=O)N[C@H](C)O[C@H](CC2CC3(CCC3)C2)C(C)C(=O)N1C. The van der Waals surface area contributed by atoms with Crippen molar-refractivity contribution in [2.24, 2.45) is 28.9 Å². The Morgan fingerprint density at radius 1 is 0.854 bits per heavy atom. The van der Waals surface area contributed by atoms with E-state index in [0.29, 0.717) is 30.6 Å². The topological polar surface area (TPSA) is 192 Å². The molecule has 4 fully saturated rings. The van der Waals surface area contributed by atoms with Crippen LogP contribution in [-0.2, 0) is 28.7 Å². The van der Waals surface area contributed by atoms with Gasteiger partial charge in [0.1, 0.15) is 30.4 Å². The maximum atomic E-state index is 14.1. The lowest BCUT2D eigenvalue weighted by Crippen LogP contribution is -2.62. The zero-order valence-corrected chi connectivity index (χ0v) is 29.4. The van der Waals surface area contributed by atoms with Crippen LogP contribution in [-0.4, -0.2) is 96.2 Å². The Kier molecular flexibility index (Phi) is 13.7. The molecule has 1 spiro atoms. The van der Waals surface area contributed by atoms with Crippen molar-refractivity contribution >= 4 is 29.5 Å². The standard InChI is InChI=1S/C35H60N6O7/c1-5-11-27-32(45)40-29(24-12-8-6-7-9-13-24)33(46)38-25(19-36)30(43)39-26(20-42)31(44)37-22(3)48-28(21(2)34(47)41(27)4)16-23-17-35(18-23)14-10-15-35/h21-29,42H,5-20,36H2,1-4H3,(H,37,44)(H,38,46)(H,39,43)(H,40,45)/t21?,22-,25?,26?,27?,28+,29?/m0/s1. The second kappa shape index (κ2) is 17.2. The van der Waals surface area contributed by atoms with Crippen molar-refractivity contribution in [2.45, 2.75) is 147 Å². The quantitative estimate of drug-likeness (QED) is 0.218. The summed E-state index contributed by atoms with van der Waals surface area (Å²) in [6, 6.07) is -4.29. The molecule has 5 amide bonds. The highest BCUT2D eigenvalue weighted by Crippen LogP contribution is 2.60. The van der Waals surface area contributed by atoms with Gasteiger partial charge in [-0.05, 0) is 75.5 Å². The van der Waals surface area contributed by atoms with Crippen molar-refractivity contribution in [1.82, 2.24) is 26.2 Å². The van der Waals surface area contributed by atoms with Gasteiger partial charge in [-0.2, -0.15) is 0 Å². The normalized spacial score (nSPS) is 33.7. The average molecular weight is 677 g/mol. The Morgan fingerprint density at radius 2 is 1.48 bits per heavy atom.